The first-order valence-electron chi connectivity index (χ1n) is 5.80. The Morgan fingerprint density at radius 2 is 1.38 bits per heavy atom. The van der Waals surface area contributed by atoms with E-state index in [1.165, 1.54) is 27.9 Å². The second-order valence-corrected chi connectivity index (χ2v) is 9.05. The molecule has 1 aromatic rings. The first-order chi connectivity index (χ1) is 7.27. The fourth-order valence-corrected chi connectivity index (χ4v) is 4.07. The lowest BCUT2D eigenvalue weighted by molar-refractivity contribution is 0.568. The number of benzene rings is 1. The van der Waals surface area contributed by atoms with Crippen LogP contribution in [0, 0.1) is 27.7 Å². The highest BCUT2D eigenvalue weighted by Crippen LogP contribution is 2.46. The van der Waals surface area contributed by atoms with E-state index >= 15 is 0 Å². The van der Waals surface area contributed by atoms with E-state index in [9.17, 15) is 0 Å². The smallest absolute Gasteiger partial charge is 0.354 e. The van der Waals surface area contributed by atoms with Gasteiger partial charge in [0.15, 0.2) is 0 Å². The van der Waals surface area contributed by atoms with Crippen molar-refractivity contribution in [3.8, 4) is 5.75 Å². The van der Waals surface area contributed by atoms with Gasteiger partial charge in [-0.25, -0.2) is 0 Å². The molecular formula is C13H21NOSi. The third-order valence-electron chi connectivity index (χ3n) is 4.09. The van der Waals surface area contributed by atoms with E-state index in [2.05, 4.69) is 52.4 Å². The summed E-state index contributed by atoms with van der Waals surface area (Å²) >= 11 is 0. The van der Waals surface area contributed by atoms with Gasteiger partial charge >= 0.3 is 8.48 Å². The molecule has 0 unspecified atom stereocenters. The maximum absolute atomic E-state index is 6.22. The first kappa shape index (κ1) is 11.5. The first-order valence-corrected chi connectivity index (χ1v) is 8.66. The summed E-state index contributed by atoms with van der Waals surface area (Å²) in [6, 6.07) is 0. The molecule has 2 nitrogen and oxygen atoms in total. The number of nitrogens with zero attached hydrogens (tertiary/aromatic N) is 1. The highest BCUT2D eigenvalue weighted by Gasteiger charge is 2.41. The van der Waals surface area contributed by atoms with Crippen molar-refractivity contribution in [2.75, 3.05) is 11.6 Å². The van der Waals surface area contributed by atoms with Gasteiger partial charge < -0.3 is 8.99 Å². The molecule has 0 fully saturated rings. The summed E-state index contributed by atoms with van der Waals surface area (Å²) in [6.45, 7) is 13.3. The summed E-state index contributed by atoms with van der Waals surface area (Å²) in [4.78, 5) is 0. The normalized spacial score (nSPS) is 17.3. The second kappa shape index (κ2) is 3.26. The zero-order valence-corrected chi connectivity index (χ0v) is 12.4. The zero-order valence-electron chi connectivity index (χ0n) is 11.4. The highest BCUT2D eigenvalue weighted by atomic mass is 28.4. The van der Waals surface area contributed by atoms with Crippen molar-refractivity contribution in [3.05, 3.63) is 22.3 Å². The van der Waals surface area contributed by atoms with Gasteiger partial charge in [-0.15, -0.1) is 0 Å². The van der Waals surface area contributed by atoms with Crippen LogP contribution in [-0.2, 0) is 0 Å². The molecule has 0 saturated heterocycles. The molecule has 0 bridgehead atoms. The average molecular weight is 235 g/mol. The lowest BCUT2D eigenvalue weighted by atomic mass is 9.96. The van der Waals surface area contributed by atoms with Crippen molar-refractivity contribution in [2.24, 2.45) is 0 Å². The largest absolute Gasteiger partial charge is 0.523 e. The van der Waals surface area contributed by atoms with Crippen molar-refractivity contribution in [3.63, 3.8) is 0 Å². The molecule has 3 heteroatoms. The highest BCUT2D eigenvalue weighted by molar-refractivity contribution is 6.77. The Kier molecular flexibility index (Phi) is 2.35. The summed E-state index contributed by atoms with van der Waals surface area (Å²) in [5.74, 6) is 1.12. The molecule has 1 aromatic carbocycles. The van der Waals surface area contributed by atoms with Crippen LogP contribution >= 0.6 is 0 Å². The summed E-state index contributed by atoms with van der Waals surface area (Å²) in [7, 11) is 0.442. The second-order valence-electron chi connectivity index (χ2n) is 5.29. The topological polar surface area (TPSA) is 12.5 Å². The summed E-state index contributed by atoms with van der Waals surface area (Å²) in [5.41, 5.74) is 6.77. The van der Waals surface area contributed by atoms with Crippen LogP contribution in [0.1, 0.15) is 22.3 Å². The third-order valence-corrected chi connectivity index (χ3v) is 6.64. The summed E-state index contributed by atoms with van der Waals surface area (Å²) in [5, 5.41) is 0. The van der Waals surface area contributed by atoms with Gasteiger partial charge in [0.2, 0.25) is 0 Å². The van der Waals surface area contributed by atoms with E-state index in [1.807, 2.05) is 0 Å². The Morgan fingerprint density at radius 1 is 0.875 bits per heavy atom. The van der Waals surface area contributed by atoms with E-state index in [0.29, 0.717) is 0 Å². The monoisotopic (exact) mass is 235 g/mol. The zero-order chi connectivity index (χ0) is 12.2. The van der Waals surface area contributed by atoms with Crippen LogP contribution in [0.2, 0.25) is 13.1 Å². The molecule has 0 aromatic heterocycles. The molecule has 0 N–H and O–H groups in total. The molecule has 0 atom stereocenters. The minimum absolute atomic E-state index is 1.12. The number of hydrogen-bond donors (Lipinski definition) is 0. The van der Waals surface area contributed by atoms with E-state index < -0.39 is 8.48 Å². The standard InChI is InChI=1S/C13H21NOSi/c1-8-9(2)11(4)13-12(10(8)3)14(5)16(6,7)15-13/h1-7H3. The quantitative estimate of drug-likeness (QED) is 0.639. The van der Waals surface area contributed by atoms with Crippen LogP contribution in [0.4, 0.5) is 5.69 Å². The number of rotatable bonds is 0. The minimum atomic E-state index is -1.72. The molecule has 0 saturated carbocycles. The van der Waals surface area contributed by atoms with Gasteiger partial charge in [0.05, 0.1) is 5.69 Å². The van der Waals surface area contributed by atoms with Crippen LogP contribution in [0.3, 0.4) is 0 Å². The van der Waals surface area contributed by atoms with Crippen LogP contribution in [0.5, 0.6) is 5.75 Å². The third kappa shape index (κ3) is 1.31. The van der Waals surface area contributed by atoms with E-state index in [4.69, 9.17) is 4.43 Å². The van der Waals surface area contributed by atoms with Gasteiger partial charge in [0.25, 0.3) is 0 Å². The number of anilines is 1. The van der Waals surface area contributed by atoms with Crippen molar-refractivity contribution in [2.45, 2.75) is 40.8 Å². The maximum atomic E-state index is 6.22. The Labute approximate surface area is 99.4 Å². The van der Waals surface area contributed by atoms with Crippen LogP contribution in [0.15, 0.2) is 0 Å². The Balaban J connectivity index is 2.76. The molecule has 1 aliphatic rings. The molecule has 0 spiro atoms. The van der Waals surface area contributed by atoms with E-state index in [0.717, 1.165) is 5.75 Å². The molecule has 0 radical (unpaired) electrons. The Morgan fingerprint density at radius 3 is 1.94 bits per heavy atom. The molecule has 1 aliphatic heterocycles. The van der Waals surface area contributed by atoms with Crippen molar-refractivity contribution < 1.29 is 4.43 Å². The molecule has 88 valence electrons. The van der Waals surface area contributed by atoms with Gasteiger partial charge in [0.1, 0.15) is 5.75 Å². The fraction of sp³-hybridized carbons (Fsp3) is 0.538. The number of hydrogen-bond acceptors (Lipinski definition) is 2. The van der Waals surface area contributed by atoms with Crippen molar-refractivity contribution >= 4 is 14.2 Å². The maximum Gasteiger partial charge on any atom is 0.354 e. The SMILES string of the molecule is Cc1c(C)c(C)c2c(c1C)O[Si](C)(C)N2C. The van der Waals surface area contributed by atoms with Gasteiger partial charge in [0, 0.05) is 7.05 Å². The predicted molar refractivity (Wildman–Crippen MR) is 71.9 cm³/mol. The predicted octanol–water partition coefficient (Wildman–Crippen LogP) is 3.45. The van der Waals surface area contributed by atoms with Gasteiger partial charge in [-0.3, -0.25) is 0 Å². The Hall–Kier alpha value is -0.963. The summed E-state index contributed by atoms with van der Waals surface area (Å²) < 4.78 is 8.59. The average Bonchev–Trinajstić information content (AvgIpc) is 2.45. The van der Waals surface area contributed by atoms with Crippen LogP contribution in [-0.4, -0.2) is 15.5 Å². The Bertz CT molecular complexity index is 466. The van der Waals surface area contributed by atoms with Gasteiger partial charge in [-0.1, -0.05) is 0 Å². The van der Waals surface area contributed by atoms with Gasteiger partial charge in [-0.2, -0.15) is 0 Å². The fourth-order valence-electron chi connectivity index (χ4n) is 2.37. The summed E-state index contributed by atoms with van der Waals surface area (Å²) in [6.07, 6.45) is 0. The van der Waals surface area contributed by atoms with E-state index in [1.54, 1.807) is 0 Å². The minimum Gasteiger partial charge on any atom is -0.523 e. The lowest BCUT2D eigenvalue weighted by Crippen LogP contribution is -2.47. The number of fused-ring (bicyclic) bond motifs is 1. The molecule has 16 heavy (non-hydrogen) atoms. The lowest BCUT2D eigenvalue weighted by Gasteiger charge is -2.25. The van der Waals surface area contributed by atoms with E-state index in [-0.39, 0.29) is 0 Å². The van der Waals surface area contributed by atoms with Crippen molar-refractivity contribution in [1.82, 2.24) is 0 Å². The molecule has 2 rings (SSSR count). The molecule has 0 aliphatic carbocycles. The molecule has 0 amide bonds. The van der Waals surface area contributed by atoms with Crippen LogP contribution < -0.4 is 8.99 Å². The van der Waals surface area contributed by atoms with Crippen molar-refractivity contribution in [1.29, 1.82) is 0 Å². The van der Waals surface area contributed by atoms with Gasteiger partial charge in [-0.05, 0) is 63.0 Å². The van der Waals surface area contributed by atoms with Crippen LogP contribution in [0.25, 0.3) is 0 Å². The molecule has 1 heterocycles. The molecular weight excluding hydrogens is 214 g/mol.